The van der Waals surface area contributed by atoms with E-state index < -0.39 is 0 Å². The molecule has 0 aromatic heterocycles. The highest BCUT2D eigenvalue weighted by molar-refractivity contribution is 9.10. The zero-order chi connectivity index (χ0) is 15.9. The van der Waals surface area contributed by atoms with Crippen LogP contribution in [0.1, 0.15) is 24.0 Å². The highest BCUT2D eigenvalue weighted by Gasteiger charge is 2.15. The molecule has 2 aromatic carbocycles. The first-order chi connectivity index (χ1) is 11.3. The molecular formula is C19H23BrClNO2. The van der Waals surface area contributed by atoms with Gasteiger partial charge in [-0.2, -0.15) is 0 Å². The Morgan fingerprint density at radius 3 is 2.75 bits per heavy atom. The smallest absolute Gasteiger partial charge is 0.124 e. The first-order valence-electron chi connectivity index (χ1n) is 8.09. The molecule has 130 valence electrons. The first-order valence-corrected chi connectivity index (χ1v) is 8.88. The van der Waals surface area contributed by atoms with Gasteiger partial charge in [-0.3, -0.25) is 0 Å². The number of nitrogens with one attached hydrogen (secondary N) is 1. The molecule has 24 heavy (non-hydrogen) atoms. The number of halogens is 2. The first kappa shape index (κ1) is 19.3. The average molecular weight is 413 g/mol. The summed E-state index contributed by atoms with van der Waals surface area (Å²) >= 11 is 3.54. The number of hydrogen-bond acceptors (Lipinski definition) is 3. The molecule has 1 aliphatic heterocycles. The minimum atomic E-state index is 0. The van der Waals surface area contributed by atoms with Crippen LogP contribution in [-0.2, 0) is 17.9 Å². The predicted octanol–water partition coefficient (Wildman–Crippen LogP) is 4.72. The van der Waals surface area contributed by atoms with Gasteiger partial charge in [0.2, 0.25) is 0 Å². The lowest BCUT2D eigenvalue weighted by Gasteiger charge is -2.15. The van der Waals surface area contributed by atoms with Crippen molar-refractivity contribution >= 4 is 28.3 Å². The van der Waals surface area contributed by atoms with Crippen molar-refractivity contribution in [2.45, 2.75) is 32.1 Å². The van der Waals surface area contributed by atoms with E-state index in [1.165, 1.54) is 12.0 Å². The molecule has 0 bridgehead atoms. The second-order valence-corrected chi connectivity index (χ2v) is 6.71. The van der Waals surface area contributed by atoms with Gasteiger partial charge in [-0.15, -0.1) is 12.4 Å². The van der Waals surface area contributed by atoms with E-state index in [1.807, 2.05) is 30.3 Å². The Balaban J connectivity index is 0.00000208. The molecule has 1 unspecified atom stereocenters. The zero-order valence-corrected chi connectivity index (χ0v) is 15.9. The minimum Gasteiger partial charge on any atom is -0.489 e. The molecule has 2 aromatic rings. The highest BCUT2D eigenvalue weighted by Crippen LogP contribution is 2.24. The highest BCUT2D eigenvalue weighted by atomic mass is 79.9. The minimum absolute atomic E-state index is 0. The summed E-state index contributed by atoms with van der Waals surface area (Å²) in [5.74, 6) is 0.928. The fourth-order valence-corrected chi connectivity index (χ4v) is 3.14. The van der Waals surface area contributed by atoms with Crippen LogP contribution in [0.25, 0.3) is 0 Å². The van der Waals surface area contributed by atoms with E-state index >= 15 is 0 Å². The Bertz CT molecular complexity index is 618. The van der Waals surface area contributed by atoms with Crippen molar-refractivity contribution in [3.63, 3.8) is 0 Å². The maximum atomic E-state index is 6.01. The summed E-state index contributed by atoms with van der Waals surface area (Å²) in [6, 6.07) is 16.4. The quantitative estimate of drug-likeness (QED) is 0.714. The normalized spacial score (nSPS) is 16.6. The fourth-order valence-electron chi connectivity index (χ4n) is 2.74. The summed E-state index contributed by atoms with van der Waals surface area (Å²) < 4.78 is 12.7. The summed E-state index contributed by atoms with van der Waals surface area (Å²) in [5.41, 5.74) is 2.34. The van der Waals surface area contributed by atoms with Crippen LogP contribution in [0, 0.1) is 0 Å². The Morgan fingerprint density at radius 1 is 1.17 bits per heavy atom. The molecule has 0 saturated carbocycles. The van der Waals surface area contributed by atoms with Gasteiger partial charge in [0.15, 0.2) is 0 Å². The molecule has 3 rings (SSSR count). The third-order valence-electron chi connectivity index (χ3n) is 3.97. The molecule has 1 atom stereocenters. The van der Waals surface area contributed by atoms with Crippen molar-refractivity contribution in [2.24, 2.45) is 0 Å². The van der Waals surface area contributed by atoms with Crippen LogP contribution >= 0.6 is 28.3 Å². The Hall–Kier alpha value is -1.07. The van der Waals surface area contributed by atoms with Gasteiger partial charge in [-0.1, -0.05) is 46.3 Å². The Kier molecular flexibility index (Phi) is 8.06. The van der Waals surface area contributed by atoms with Gasteiger partial charge in [-0.05, 0) is 36.6 Å². The van der Waals surface area contributed by atoms with Crippen molar-refractivity contribution in [3.8, 4) is 5.75 Å². The van der Waals surface area contributed by atoms with E-state index in [-0.39, 0.29) is 12.4 Å². The van der Waals surface area contributed by atoms with Crippen LogP contribution in [0.15, 0.2) is 53.0 Å². The Labute approximate surface area is 158 Å². The van der Waals surface area contributed by atoms with Crippen LogP contribution in [0.3, 0.4) is 0 Å². The topological polar surface area (TPSA) is 30.5 Å². The number of rotatable bonds is 7. The number of ether oxygens (including phenoxy) is 2. The third kappa shape index (κ3) is 5.78. The van der Waals surface area contributed by atoms with E-state index in [2.05, 4.69) is 39.4 Å². The van der Waals surface area contributed by atoms with Crippen molar-refractivity contribution in [1.29, 1.82) is 0 Å². The van der Waals surface area contributed by atoms with Crippen molar-refractivity contribution in [1.82, 2.24) is 5.32 Å². The largest absolute Gasteiger partial charge is 0.489 e. The molecule has 1 saturated heterocycles. The van der Waals surface area contributed by atoms with Crippen LogP contribution < -0.4 is 10.1 Å². The molecular weight excluding hydrogens is 390 g/mol. The van der Waals surface area contributed by atoms with E-state index in [1.54, 1.807) is 0 Å². The predicted molar refractivity (Wildman–Crippen MR) is 103 cm³/mol. The van der Waals surface area contributed by atoms with Crippen molar-refractivity contribution in [2.75, 3.05) is 13.2 Å². The fraction of sp³-hybridized carbons (Fsp3) is 0.368. The van der Waals surface area contributed by atoms with Gasteiger partial charge in [0.1, 0.15) is 12.4 Å². The third-order valence-corrected chi connectivity index (χ3v) is 4.46. The maximum absolute atomic E-state index is 6.01. The summed E-state index contributed by atoms with van der Waals surface area (Å²) in [6.45, 7) is 3.16. The summed E-state index contributed by atoms with van der Waals surface area (Å²) in [7, 11) is 0. The zero-order valence-electron chi connectivity index (χ0n) is 13.5. The van der Waals surface area contributed by atoms with Gasteiger partial charge < -0.3 is 14.8 Å². The Morgan fingerprint density at radius 2 is 2.00 bits per heavy atom. The van der Waals surface area contributed by atoms with Gasteiger partial charge in [0.25, 0.3) is 0 Å². The van der Waals surface area contributed by atoms with E-state index in [0.29, 0.717) is 12.7 Å². The molecule has 1 aliphatic rings. The van der Waals surface area contributed by atoms with E-state index in [4.69, 9.17) is 9.47 Å². The number of benzene rings is 2. The van der Waals surface area contributed by atoms with Crippen LogP contribution in [-0.4, -0.2) is 19.3 Å². The van der Waals surface area contributed by atoms with Gasteiger partial charge in [0.05, 0.1) is 6.10 Å². The van der Waals surface area contributed by atoms with Crippen LogP contribution in [0.2, 0.25) is 0 Å². The lowest BCUT2D eigenvalue weighted by atomic mass is 10.2. The van der Waals surface area contributed by atoms with E-state index in [9.17, 15) is 0 Å². The summed E-state index contributed by atoms with van der Waals surface area (Å²) in [6.07, 6.45) is 2.69. The lowest BCUT2D eigenvalue weighted by molar-refractivity contribution is 0.110. The van der Waals surface area contributed by atoms with Gasteiger partial charge >= 0.3 is 0 Å². The van der Waals surface area contributed by atoms with Crippen molar-refractivity contribution in [3.05, 3.63) is 64.1 Å². The molecule has 5 heteroatoms. The van der Waals surface area contributed by atoms with Crippen LogP contribution in [0.5, 0.6) is 5.75 Å². The van der Waals surface area contributed by atoms with Gasteiger partial charge in [0, 0.05) is 29.7 Å². The lowest BCUT2D eigenvalue weighted by Crippen LogP contribution is -2.26. The molecule has 3 nitrogen and oxygen atoms in total. The molecule has 0 radical (unpaired) electrons. The molecule has 1 N–H and O–H groups in total. The second-order valence-electron chi connectivity index (χ2n) is 5.79. The van der Waals surface area contributed by atoms with Gasteiger partial charge in [-0.25, -0.2) is 0 Å². The second kappa shape index (κ2) is 10.0. The standard InChI is InChI=1S/C19H22BrNO2.ClH/c20-17-8-9-19(23-14-15-5-2-1-3-6-15)16(11-17)12-21-13-18-7-4-10-22-18;/h1-3,5-6,8-9,11,18,21H,4,7,10,12-14H2;1H. The molecule has 1 fully saturated rings. The number of hydrogen-bond donors (Lipinski definition) is 1. The van der Waals surface area contributed by atoms with E-state index in [0.717, 1.165) is 41.9 Å². The summed E-state index contributed by atoms with van der Waals surface area (Å²) in [4.78, 5) is 0. The molecule has 1 heterocycles. The average Bonchev–Trinajstić information content (AvgIpc) is 3.08. The molecule has 0 amide bonds. The SMILES string of the molecule is Brc1ccc(OCc2ccccc2)c(CNCC2CCCO2)c1.Cl. The molecule has 0 spiro atoms. The maximum Gasteiger partial charge on any atom is 0.124 e. The summed E-state index contributed by atoms with van der Waals surface area (Å²) in [5, 5.41) is 3.48. The monoisotopic (exact) mass is 411 g/mol. The molecule has 0 aliphatic carbocycles. The van der Waals surface area contributed by atoms with Crippen molar-refractivity contribution < 1.29 is 9.47 Å². The van der Waals surface area contributed by atoms with Crippen LogP contribution in [0.4, 0.5) is 0 Å².